The first kappa shape index (κ1) is 15.2. The highest BCUT2D eigenvalue weighted by atomic mass is 16.5. The molecule has 0 atom stereocenters. The van der Waals surface area contributed by atoms with Crippen molar-refractivity contribution in [3.05, 3.63) is 12.2 Å². The van der Waals surface area contributed by atoms with Crippen LogP contribution in [0.4, 0.5) is 0 Å². The summed E-state index contributed by atoms with van der Waals surface area (Å²) in [5.41, 5.74) is 0.602. The molecular weight excluding hydrogens is 200 g/mol. The van der Waals surface area contributed by atoms with Crippen molar-refractivity contribution >= 4 is 5.97 Å². The van der Waals surface area contributed by atoms with E-state index in [0.29, 0.717) is 12.2 Å². The predicted octanol–water partition coefficient (Wildman–Crippen LogP) is 4.10. The van der Waals surface area contributed by atoms with Crippen molar-refractivity contribution in [1.82, 2.24) is 0 Å². The smallest absolute Gasteiger partial charge is 0.333 e. The normalized spacial score (nSPS) is 10.5. The van der Waals surface area contributed by atoms with Crippen molar-refractivity contribution in [3.8, 4) is 0 Å². The van der Waals surface area contributed by atoms with Crippen LogP contribution in [0, 0.1) is 5.92 Å². The summed E-state index contributed by atoms with van der Waals surface area (Å²) in [5.74, 6) is 0.553. The number of carbonyl (C=O) groups excluding carboxylic acids is 1. The maximum absolute atomic E-state index is 11.4. The molecule has 0 bridgehead atoms. The molecule has 16 heavy (non-hydrogen) atoms. The van der Waals surface area contributed by atoms with Crippen LogP contribution in [0.3, 0.4) is 0 Å². The quantitative estimate of drug-likeness (QED) is 0.336. The Balaban J connectivity index is 3.38. The third-order valence-electron chi connectivity index (χ3n) is 2.50. The first-order chi connectivity index (χ1) is 7.57. The molecule has 0 unspecified atom stereocenters. The highest BCUT2D eigenvalue weighted by molar-refractivity contribution is 5.87. The summed E-state index contributed by atoms with van der Waals surface area (Å²) in [5, 5.41) is 0. The zero-order chi connectivity index (χ0) is 12.4. The Morgan fingerprint density at radius 3 is 2.50 bits per heavy atom. The lowest BCUT2D eigenvalue weighted by Crippen LogP contribution is -2.08. The molecule has 0 aliphatic heterocycles. The average molecular weight is 226 g/mol. The third kappa shape index (κ3) is 8.51. The van der Waals surface area contributed by atoms with Crippen LogP contribution in [0.25, 0.3) is 0 Å². The second-order valence-corrected chi connectivity index (χ2v) is 4.73. The number of ether oxygens (including phenoxy) is 1. The van der Waals surface area contributed by atoms with Crippen LogP contribution in [-0.4, -0.2) is 12.6 Å². The van der Waals surface area contributed by atoms with E-state index in [-0.39, 0.29) is 5.97 Å². The third-order valence-corrected chi connectivity index (χ3v) is 2.50. The number of hydrogen-bond donors (Lipinski definition) is 0. The molecular formula is C14H26O2. The van der Waals surface area contributed by atoms with Gasteiger partial charge in [0.2, 0.25) is 0 Å². The maximum atomic E-state index is 11.4. The second-order valence-electron chi connectivity index (χ2n) is 4.73. The van der Waals surface area contributed by atoms with Gasteiger partial charge in [0, 0.05) is 5.57 Å². The van der Waals surface area contributed by atoms with E-state index in [2.05, 4.69) is 20.4 Å². The van der Waals surface area contributed by atoms with Gasteiger partial charge in [0.25, 0.3) is 0 Å². The lowest BCUT2D eigenvalue weighted by atomic mass is 10.1. The highest BCUT2D eigenvalue weighted by Crippen LogP contribution is 2.09. The van der Waals surface area contributed by atoms with Gasteiger partial charge in [0.05, 0.1) is 6.61 Å². The molecule has 0 N–H and O–H groups in total. The SMILES string of the molecule is C=C(CCC)C(=O)OCCCCCC(C)C. The van der Waals surface area contributed by atoms with Crippen LogP contribution in [0.1, 0.15) is 59.3 Å². The summed E-state index contributed by atoms with van der Waals surface area (Å²) in [4.78, 5) is 11.4. The van der Waals surface area contributed by atoms with Crippen LogP contribution >= 0.6 is 0 Å². The summed E-state index contributed by atoms with van der Waals surface area (Å²) in [6.45, 7) is 10.7. The van der Waals surface area contributed by atoms with Gasteiger partial charge in [-0.2, -0.15) is 0 Å². The first-order valence-electron chi connectivity index (χ1n) is 6.42. The Kier molecular flexibility index (Phi) is 8.97. The predicted molar refractivity (Wildman–Crippen MR) is 68.3 cm³/mol. The molecule has 0 saturated carbocycles. The van der Waals surface area contributed by atoms with Gasteiger partial charge in [-0.15, -0.1) is 0 Å². The fraction of sp³-hybridized carbons (Fsp3) is 0.786. The molecule has 94 valence electrons. The molecule has 0 aliphatic carbocycles. The molecule has 2 heteroatoms. The lowest BCUT2D eigenvalue weighted by molar-refractivity contribution is -0.139. The molecule has 0 saturated heterocycles. The van der Waals surface area contributed by atoms with E-state index < -0.39 is 0 Å². The van der Waals surface area contributed by atoms with E-state index in [9.17, 15) is 4.79 Å². The topological polar surface area (TPSA) is 26.3 Å². The van der Waals surface area contributed by atoms with Crippen molar-refractivity contribution in [3.63, 3.8) is 0 Å². The summed E-state index contributed by atoms with van der Waals surface area (Å²) in [6.07, 6.45) is 6.29. The summed E-state index contributed by atoms with van der Waals surface area (Å²) in [7, 11) is 0. The fourth-order valence-corrected chi connectivity index (χ4v) is 1.50. The van der Waals surface area contributed by atoms with E-state index >= 15 is 0 Å². The minimum absolute atomic E-state index is 0.217. The van der Waals surface area contributed by atoms with Gasteiger partial charge in [0.15, 0.2) is 0 Å². The minimum atomic E-state index is -0.217. The van der Waals surface area contributed by atoms with Crippen LogP contribution in [0.2, 0.25) is 0 Å². The van der Waals surface area contributed by atoms with Crippen LogP contribution < -0.4 is 0 Å². The number of esters is 1. The Morgan fingerprint density at radius 2 is 1.94 bits per heavy atom. The van der Waals surface area contributed by atoms with Gasteiger partial charge in [-0.05, 0) is 18.8 Å². The van der Waals surface area contributed by atoms with E-state index in [1.54, 1.807) is 0 Å². The van der Waals surface area contributed by atoms with Crippen molar-refractivity contribution in [2.24, 2.45) is 5.92 Å². The molecule has 0 rings (SSSR count). The number of hydrogen-bond acceptors (Lipinski definition) is 2. The van der Waals surface area contributed by atoms with Gasteiger partial charge < -0.3 is 4.74 Å². The standard InChI is InChI=1S/C14H26O2/c1-5-9-13(4)14(15)16-11-8-6-7-10-12(2)3/h12H,4-11H2,1-3H3. The number of unbranched alkanes of at least 4 members (excludes halogenated alkanes) is 2. The fourth-order valence-electron chi connectivity index (χ4n) is 1.50. The Morgan fingerprint density at radius 1 is 1.25 bits per heavy atom. The van der Waals surface area contributed by atoms with Crippen molar-refractivity contribution in [2.75, 3.05) is 6.61 Å². The van der Waals surface area contributed by atoms with Gasteiger partial charge in [-0.1, -0.05) is 53.0 Å². The van der Waals surface area contributed by atoms with Crippen molar-refractivity contribution < 1.29 is 9.53 Å². The van der Waals surface area contributed by atoms with E-state index in [1.165, 1.54) is 12.8 Å². The van der Waals surface area contributed by atoms with Crippen molar-refractivity contribution in [2.45, 2.75) is 59.3 Å². The number of carbonyl (C=O) groups is 1. The van der Waals surface area contributed by atoms with Gasteiger partial charge in [-0.3, -0.25) is 0 Å². The zero-order valence-corrected chi connectivity index (χ0v) is 11.1. The molecule has 0 aromatic heterocycles. The minimum Gasteiger partial charge on any atom is -0.462 e. The zero-order valence-electron chi connectivity index (χ0n) is 11.1. The van der Waals surface area contributed by atoms with E-state index in [0.717, 1.165) is 31.6 Å². The molecule has 2 nitrogen and oxygen atoms in total. The first-order valence-corrected chi connectivity index (χ1v) is 6.42. The molecule has 0 aromatic rings. The average Bonchev–Trinajstić information content (AvgIpc) is 2.22. The van der Waals surface area contributed by atoms with Crippen LogP contribution in [0.5, 0.6) is 0 Å². The molecule has 0 spiro atoms. The molecule has 0 radical (unpaired) electrons. The molecule has 0 heterocycles. The van der Waals surface area contributed by atoms with Crippen LogP contribution in [0.15, 0.2) is 12.2 Å². The van der Waals surface area contributed by atoms with E-state index in [4.69, 9.17) is 4.74 Å². The Hall–Kier alpha value is -0.790. The van der Waals surface area contributed by atoms with Crippen LogP contribution in [-0.2, 0) is 9.53 Å². The van der Waals surface area contributed by atoms with Crippen molar-refractivity contribution in [1.29, 1.82) is 0 Å². The molecule has 0 amide bonds. The summed E-state index contributed by atoms with van der Waals surface area (Å²) in [6, 6.07) is 0. The number of rotatable bonds is 9. The summed E-state index contributed by atoms with van der Waals surface area (Å²) >= 11 is 0. The monoisotopic (exact) mass is 226 g/mol. The molecule has 0 aliphatic rings. The van der Waals surface area contributed by atoms with Gasteiger partial charge in [-0.25, -0.2) is 4.79 Å². The van der Waals surface area contributed by atoms with Gasteiger partial charge >= 0.3 is 5.97 Å². The second kappa shape index (κ2) is 9.44. The maximum Gasteiger partial charge on any atom is 0.333 e. The molecule has 0 aromatic carbocycles. The van der Waals surface area contributed by atoms with E-state index in [1.807, 2.05) is 6.92 Å². The lowest BCUT2D eigenvalue weighted by Gasteiger charge is -2.07. The summed E-state index contributed by atoms with van der Waals surface area (Å²) < 4.78 is 5.12. The Bertz CT molecular complexity index is 207. The molecule has 0 fully saturated rings. The highest BCUT2D eigenvalue weighted by Gasteiger charge is 2.06. The largest absolute Gasteiger partial charge is 0.462 e. The Labute approximate surface area is 100 Å². The van der Waals surface area contributed by atoms with Gasteiger partial charge in [0.1, 0.15) is 0 Å².